The van der Waals surface area contributed by atoms with Gasteiger partial charge in [-0.25, -0.2) is 12.8 Å². The number of halogens is 1. The van der Waals surface area contributed by atoms with Gasteiger partial charge in [0.1, 0.15) is 11.6 Å². The summed E-state index contributed by atoms with van der Waals surface area (Å²) < 4.78 is 46.7. The maximum atomic E-state index is 13.4. The molecule has 1 amide bonds. The monoisotopic (exact) mass is 428 g/mol. The number of nitrogens with one attached hydrogen (secondary N) is 2. The van der Waals surface area contributed by atoms with Gasteiger partial charge in [-0.15, -0.1) is 0 Å². The number of carbonyl (C=O) groups excluding carboxylic acids is 1. The molecular formula is C22H21FN2O4S. The first kappa shape index (κ1) is 21.3. The zero-order valence-electron chi connectivity index (χ0n) is 16.5. The summed E-state index contributed by atoms with van der Waals surface area (Å²) in [6, 6.07) is 16.2. The third kappa shape index (κ3) is 5.15. The summed E-state index contributed by atoms with van der Waals surface area (Å²) in [5.41, 5.74) is 1.50. The standard InChI is InChI=1S/C22H21FN2O4S/c1-3-29-19-11-9-18(10-12-19)25-30(27,28)20-6-4-5-16(13-20)22(26)24-21-14-17(23)8-7-15(21)2/h4-14,25H,3H2,1-2H3,(H,24,26). The summed E-state index contributed by atoms with van der Waals surface area (Å²) in [6.45, 7) is 4.10. The van der Waals surface area contributed by atoms with Crippen LogP contribution in [0.3, 0.4) is 0 Å². The Kier molecular flexibility index (Phi) is 6.37. The Bertz CT molecular complexity index is 1160. The minimum Gasteiger partial charge on any atom is -0.494 e. The molecule has 6 nitrogen and oxygen atoms in total. The van der Waals surface area contributed by atoms with Crippen LogP contribution < -0.4 is 14.8 Å². The number of ether oxygens (including phenoxy) is 1. The molecule has 3 aromatic carbocycles. The van der Waals surface area contributed by atoms with Crippen molar-refractivity contribution in [3.05, 3.63) is 83.7 Å². The number of rotatable bonds is 7. The van der Waals surface area contributed by atoms with Crippen LogP contribution in [-0.4, -0.2) is 20.9 Å². The quantitative estimate of drug-likeness (QED) is 0.577. The summed E-state index contributed by atoms with van der Waals surface area (Å²) >= 11 is 0. The molecule has 156 valence electrons. The average molecular weight is 428 g/mol. The summed E-state index contributed by atoms with van der Waals surface area (Å²) in [5, 5.41) is 2.61. The van der Waals surface area contributed by atoms with Crippen molar-refractivity contribution in [3.8, 4) is 5.75 Å². The highest BCUT2D eigenvalue weighted by molar-refractivity contribution is 7.92. The lowest BCUT2D eigenvalue weighted by Crippen LogP contribution is -2.16. The fourth-order valence-corrected chi connectivity index (χ4v) is 3.83. The fraction of sp³-hybridized carbons (Fsp3) is 0.136. The van der Waals surface area contributed by atoms with Crippen molar-refractivity contribution in [3.63, 3.8) is 0 Å². The minimum atomic E-state index is -3.91. The van der Waals surface area contributed by atoms with Gasteiger partial charge in [-0.2, -0.15) is 0 Å². The second kappa shape index (κ2) is 8.96. The smallest absolute Gasteiger partial charge is 0.261 e. The third-order valence-corrected chi connectivity index (χ3v) is 5.65. The lowest BCUT2D eigenvalue weighted by Gasteiger charge is -2.11. The van der Waals surface area contributed by atoms with Crippen molar-refractivity contribution in [2.75, 3.05) is 16.6 Å². The van der Waals surface area contributed by atoms with Gasteiger partial charge in [-0.3, -0.25) is 9.52 Å². The van der Waals surface area contributed by atoms with Gasteiger partial charge in [0.2, 0.25) is 0 Å². The second-order valence-electron chi connectivity index (χ2n) is 6.50. The van der Waals surface area contributed by atoms with Gasteiger partial charge >= 0.3 is 0 Å². The van der Waals surface area contributed by atoms with E-state index in [-0.39, 0.29) is 10.5 Å². The van der Waals surface area contributed by atoms with Gasteiger partial charge in [0.25, 0.3) is 15.9 Å². The Balaban J connectivity index is 1.79. The van der Waals surface area contributed by atoms with E-state index in [2.05, 4.69) is 10.0 Å². The van der Waals surface area contributed by atoms with Gasteiger partial charge in [-0.1, -0.05) is 12.1 Å². The summed E-state index contributed by atoms with van der Waals surface area (Å²) in [5.74, 6) is -0.389. The average Bonchev–Trinajstić information content (AvgIpc) is 2.72. The maximum Gasteiger partial charge on any atom is 0.261 e. The molecule has 0 bridgehead atoms. The number of sulfonamides is 1. The summed E-state index contributed by atoms with van der Waals surface area (Å²) in [4.78, 5) is 12.5. The Morgan fingerprint density at radius 1 is 1.03 bits per heavy atom. The van der Waals surface area contributed by atoms with Crippen molar-refractivity contribution in [2.45, 2.75) is 18.7 Å². The predicted molar refractivity (Wildman–Crippen MR) is 114 cm³/mol. The van der Waals surface area contributed by atoms with Crippen LogP contribution in [0, 0.1) is 12.7 Å². The SMILES string of the molecule is CCOc1ccc(NS(=O)(=O)c2cccc(C(=O)Nc3cc(F)ccc3C)c2)cc1. The first-order chi connectivity index (χ1) is 14.3. The van der Waals surface area contributed by atoms with Crippen LogP contribution in [-0.2, 0) is 10.0 Å². The molecule has 0 aliphatic rings. The number of hydrogen-bond acceptors (Lipinski definition) is 4. The number of anilines is 2. The van der Waals surface area contributed by atoms with Gasteiger partial charge < -0.3 is 10.1 Å². The van der Waals surface area contributed by atoms with Crippen LogP contribution in [0.4, 0.5) is 15.8 Å². The molecule has 0 aromatic heterocycles. The van der Waals surface area contributed by atoms with E-state index in [9.17, 15) is 17.6 Å². The first-order valence-corrected chi connectivity index (χ1v) is 10.7. The highest BCUT2D eigenvalue weighted by Crippen LogP contribution is 2.21. The molecular weight excluding hydrogens is 407 g/mol. The lowest BCUT2D eigenvalue weighted by atomic mass is 10.1. The van der Waals surface area contributed by atoms with Crippen molar-refractivity contribution in [2.24, 2.45) is 0 Å². The molecule has 8 heteroatoms. The molecule has 0 aliphatic carbocycles. The van der Waals surface area contributed by atoms with E-state index in [0.29, 0.717) is 29.3 Å². The topological polar surface area (TPSA) is 84.5 Å². The Hall–Kier alpha value is -3.39. The van der Waals surface area contributed by atoms with Crippen LogP contribution in [0.15, 0.2) is 71.6 Å². The second-order valence-corrected chi connectivity index (χ2v) is 8.19. The van der Waals surface area contributed by atoms with Gasteiger partial charge in [0.15, 0.2) is 0 Å². The molecule has 0 aliphatic heterocycles. The molecule has 0 saturated heterocycles. The van der Waals surface area contributed by atoms with Gasteiger partial charge in [-0.05, 0) is 74.0 Å². The predicted octanol–water partition coefficient (Wildman–Crippen LogP) is 4.59. The molecule has 0 unspecified atom stereocenters. The maximum absolute atomic E-state index is 13.4. The van der Waals surface area contributed by atoms with E-state index in [1.807, 2.05) is 6.92 Å². The highest BCUT2D eigenvalue weighted by atomic mass is 32.2. The van der Waals surface area contributed by atoms with Crippen LogP contribution >= 0.6 is 0 Å². The van der Waals surface area contributed by atoms with E-state index >= 15 is 0 Å². The van der Waals surface area contributed by atoms with Crippen LogP contribution in [0.1, 0.15) is 22.8 Å². The zero-order chi connectivity index (χ0) is 21.7. The van der Waals surface area contributed by atoms with E-state index in [1.54, 1.807) is 37.3 Å². The molecule has 3 rings (SSSR count). The molecule has 30 heavy (non-hydrogen) atoms. The largest absolute Gasteiger partial charge is 0.494 e. The van der Waals surface area contributed by atoms with Crippen molar-refractivity contribution >= 4 is 27.3 Å². The van der Waals surface area contributed by atoms with Gasteiger partial charge in [0.05, 0.1) is 11.5 Å². The number of aryl methyl sites for hydroxylation is 1. The molecule has 0 radical (unpaired) electrons. The van der Waals surface area contributed by atoms with Gasteiger partial charge in [0, 0.05) is 16.9 Å². The zero-order valence-corrected chi connectivity index (χ0v) is 17.3. The van der Waals surface area contributed by atoms with Crippen molar-refractivity contribution in [1.29, 1.82) is 0 Å². The van der Waals surface area contributed by atoms with Crippen LogP contribution in [0.25, 0.3) is 0 Å². The summed E-state index contributed by atoms with van der Waals surface area (Å²) in [7, 11) is -3.91. The Morgan fingerprint density at radius 2 is 1.77 bits per heavy atom. The number of hydrogen-bond donors (Lipinski definition) is 2. The van der Waals surface area contributed by atoms with Crippen LogP contribution in [0.5, 0.6) is 5.75 Å². The normalized spacial score (nSPS) is 11.0. The highest BCUT2D eigenvalue weighted by Gasteiger charge is 2.17. The Labute approximate surface area is 174 Å². The Morgan fingerprint density at radius 3 is 2.47 bits per heavy atom. The molecule has 0 fully saturated rings. The molecule has 2 N–H and O–H groups in total. The lowest BCUT2D eigenvalue weighted by molar-refractivity contribution is 0.102. The number of amides is 1. The van der Waals surface area contributed by atoms with Crippen molar-refractivity contribution in [1.82, 2.24) is 0 Å². The molecule has 0 saturated carbocycles. The molecule has 0 atom stereocenters. The summed E-state index contributed by atoms with van der Waals surface area (Å²) in [6.07, 6.45) is 0. The third-order valence-electron chi connectivity index (χ3n) is 4.27. The molecule has 0 heterocycles. The number of benzene rings is 3. The first-order valence-electron chi connectivity index (χ1n) is 9.22. The molecule has 3 aromatic rings. The number of carbonyl (C=O) groups is 1. The fourth-order valence-electron chi connectivity index (χ4n) is 2.73. The van der Waals surface area contributed by atoms with Crippen LogP contribution in [0.2, 0.25) is 0 Å². The molecule has 0 spiro atoms. The minimum absolute atomic E-state index is 0.0694. The van der Waals surface area contributed by atoms with E-state index in [4.69, 9.17) is 4.74 Å². The van der Waals surface area contributed by atoms with E-state index < -0.39 is 21.7 Å². The van der Waals surface area contributed by atoms with Crippen molar-refractivity contribution < 1.29 is 22.3 Å². The van der Waals surface area contributed by atoms with E-state index in [0.717, 1.165) is 0 Å². The van der Waals surface area contributed by atoms with E-state index in [1.165, 1.54) is 36.4 Å².